The minimum atomic E-state index is 0.424. The number of nitrogen functional groups attached to an aromatic ring is 1. The molecule has 0 saturated carbocycles. The zero-order valence-corrected chi connectivity index (χ0v) is 9.02. The molecule has 0 atom stereocenters. The number of nitrogens with two attached hydrogens (primary N) is 1. The fraction of sp³-hybridized carbons (Fsp3) is 0.300. The van der Waals surface area contributed by atoms with Gasteiger partial charge in [0.05, 0.1) is 11.4 Å². The highest BCUT2D eigenvalue weighted by atomic mass is 15.1. The molecule has 0 aliphatic rings. The minimum Gasteiger partial charge on any atom is -0.382 e. The average molecular weight is 203 g/mol. The first kappa shape index (κ1) is 9.64. The van der Waals surface area contributed by atoms with Crippen molar-refractivity contribution in [1.29, 1.82) is 0 Å². The van der Waals surface area contributed by atoms with Crippen molar-refractivity contribution in [3.8, 4) is 11.5 Å². The predicted octanol–water partition coefficient (Wildman–Crippen LogP) is 1.08. The number of aryl methyl sites for hydroxylation is 3. The molecule has 0 unspecified atom stereocenters. The molecule has 0 aliphatic carbocycles. The van der Waals surface area contributed by atoms with E-state index in [2.05, 4.69) is 15.0 Å². The Kier molecular flexibility index (Phi) is 2.15. The van der Waals surface area contributed by atoms with Crippen LogP contribution in [0.1, 0.15) is 11.4 Å². The zero-order chi connectivity index (χ0) is 11.0. The maximum absolute atomic E-state index is 5.82. The van der Waals surface area contributed by atoms with Gasteiger partial charge in [0.25, 0.3) is 0 Å². The van der Waals surface area contributed by atoms with Gasteiger partial charge < -0.3 is 10.3 Å². The second-order valence-corrected chi connectivity index (χ2v) is 3.49. The SMILES string of the molecule is Cc1nc(N)c(-c2nccn2C)nc1C. The molecule has 15 heavy (non-hydrogen) atoms. The van der Waals surface area contributed by atoms with Crippen LogP contribution in [0.5, 0.6) is 0 Å². The van der Waals surface area contributed by atoms with Gasteiger partial charge in [-0.2, -0.15) is 0 Å². The van der Waals surface area contributed by atoms with Gasteiger partial charge in [0.1, 0.15) is 5.69 Å². The Bertz CT molecular complexity index is 501. The summed E-state index contributed by atoms with van der Waals surface area (Å²) in [6, 6.07) is 0. The molecule has 0 aliphatic heterocycles. The van der Waals surface area contributed by atoms with Crippen molar-refractivity contribution in [1.82, 2.24) is 19.5 Å². The fourth-order valence-corrected chi connectivity index (χ4v) is 1.38. The van der Waals surface area contributed by atoms with E-state index in [1.807, 2.05) is 31.7 Å². The molecular weight excluding hydrogens is 190 g/mol. The van der Waals surface area contributed by atoms with E-state index in [-0.39, 0.29) is 0 Å². The monoisotopic (exact) mass is 203 g/mol. The van der Waals surface area contributed by atoms with E-state index in [4.69, 9.17) is 5.73 Å². The molecule has 2 aromatic heterocycles. The van der Waals surface area contributed by atoms with Crippen molar-refractivity contribution in [2.75, 3.05) is 5.73 Å². The Morgan fingerprint density at radius 1 is 1.20 bits per heavy atom. The van der Waals surface area contributed by atoms with E-state index >= 15 is 0 Å². The first-order chi connectivity index (χ1) is 7.09. The maximum atomic E-state index is 5.82. The van der Waals surface area contributed by atoms with Crippen molar-refractivity contribution in [3.63, 3.8) is 0 Å². The van der Waals surface area contributed by atoms with Crippen LogP contribution in [0.15, 0.2) is 12.4 Å². The molecular formula is C10H13N5. The van der Waals surface area contributed by atoms with Crippen LogP contribution in [-0.2, 0) is 7.05 Å². The molecule has 0 radical (unpaired) electrons. The number of nitrogens with zero attached hydrogens (tertiary/aromatic N) is 4. The average Bonchev–Trinajstić information content (AvgIpc) is 2.58. The van der Waals surface area contributed by atoms with E-state index in [0.717, 1.165) is 17.2 Å². The number of rotatable bonds is 1. The summed E-state index contributed by atoms with van der Waals surface area (Å²) >= 11 is 0. The Morgan fingerprint density at radius 3 is 2.47 bits per heavy atom. The summed E-state index contributed by atoms with van der Waals surface area (Å²) in [5.74, 6) is 1.16. The zero-order valence-electron chi connectivity index (χ0n) is 9.02. The first-order valence-corrected chi connectivity index (χ1v) is 4.68. The van der Waals surface area contributed by atoms with Crippen LogP contribution < -0.4 is 5.73 Å². The number of hydrogen-bond donors (Lipinski definition) is 1. The molecule has 2 rings (SSSR count). The molecule has 0 bridgehead atoms. The van der Waals surface area contributed by atoms with Crippen LogP contribution in [0.25, 0.3) is 11.5 Å². The Morgan fingerprint density at radius 2 is 1.87 bits per heavy atom. The number of imidazole rings is 1. The highest BCUT2D eigenvalue weighted by molar-refractivity contribution is 5.64. The minimum absolute atomic E-state index is 0.424. The first-order valence-electron chi connectivity index (χ1n) is 4.68. The summed E-state index contributed by atoms with van der Waals surface area (Å²) in [5, 5.41) is 0. The van der Waals surface area contributed by atoms with Crippen LogP contribution in [-0.4, -0.2) is 19.5 Å². The van der Waals surface area contributed by atoms with E-state index in [0.29, 0.717) is 11.5 Å². The largest absolute Gasteiger partial charge is 0.382 e. The van der Waals surface area contributed by atoms with Gasteiger partial charge in [-0.3, -0.25) is 0 Å². The predicted molar refractivity (Wildman–Crippen MR) is 58.1 cm³/mol. The van der Waals surface area contributed by atoms with Crippen molar-refractivity contribution in [3.05, 3.63) is 23.8 Å². The normalized spacial score (nSPS) is 10.6. The Hall–Kier alpha value is -1.91. The number of anilines is 1. The van der Waals surface area contributed by atoms with Crippen molar-refractivity contribution in [2.24, 2.45) is 7.05 Å². The third-order valence-corrected chi connectivity index (χ3v) is 2.37. The second-order valence-electron chi connectivity index (χ2n) is 3.49. The smallest absolute Gasteiger partial charge is 0.162 e. The van der Waals surface area contributed by atoms with Gasteiger partial charge in [-0.25, -0.2) is 15.0 Å². The van der Waals surface area contributed by atoms with Crippen molar-refractivity contribution >= 4 is 5.82 Å². The van der Waals surface area contributed by atoms with Gasteiger partial charge in [-0.15, -0.1) is 0 Å². The summed E-state index contributed by atoms with van der Waals surface area (Å²) in [6.45, 7) is 3.80. The van der Waals surface area contributed by atoms with E-state index in [9.17, 15) is 0 Å². The third kappa shape index (κ3) is 1.56. The third-order valence-electron chi connectivity index (χ3n) is 2.37. The van der Waals surface area contributed by atoms with Crippen LogP contribution in [0.2, 0.25) is 0 Å². The molecule has 5 heteroatoms. The lowest BCUT2D eigenvalue weighted by Gasteiger charge is -2.07. The van der Waals surface area contributed by atoms with Crippen molar-refractivity contribution < 1.29 is 0 Å². The molecule has 0 fully saturated rings. The van der Waals surface area contributed by atoms with Gasteiger partial charge in [0.2, 0.25) is 0 Å². The summed E-state index contributed by atoms with van der Waals surface area (Å²) in [5.41, 5.74) is 8.20. The van der Waals surface area contributed by atoms with Crippen molar-refractivity contribution in [2.45, 2.75) is 13.8 Å². The molecule has 2 N–H and O–H groups in total. The number of aromatic nitrogens is 4. The van der Waals surface area contributed by atoms with Gasteiger partial charge in [-0.1, -0.05) is 0 Å². The molecule has 0 amide bonds. The van der Waals surface area contributed by atoms with Crippen LogP contribution >= 0.6 is 0 Å². The summed E-state index contributed by atoms with van der Waals surface area (Å²) in [7, 11) is 1.90. The summed E-state index contributed by atoms with van der Waals surface area (Å²) in [6.07, 6.45) is 3.57. The molecule has 0 saturated heterocycles. The van der Waals surface area contributed by atoms with Gasteiger partial charge in [-0.05, 0) is 13.8 Å². The summed E-state index contributed by atoms with van der Waals surface area (Å²) < 4.78 is 1.87. The lowest BCUT2D eigenvalue weighted by Crippen LogP contribution is -2.05. The lowest BCUT2D eigenvalue weighted by atomic mass is 10.3. The van der Waals surface area contributed by atoms with Crippen LogP contribution in [0.4, 0.5) is 5.82 Å². The van der Waals surface area contributed by atoms with Gasteiger partial charge in [0, 0.05) is 19.4 Å². The standard InChI is InChI=1S/C10H13N5/c1-6-7(2)14-9(11)8(13-6)10-12-4-5-15(10)3/h4-5H,1-3H3,(H2,11,14). The highest BCUT2D eigenvalue weighted by Crippen LogP contribution is 2.20. The van der Waals surface area contributed by atoms with Crippen LogP contribution in [0, 0.1) is 13.8 Å². The second kappa shape index (κ2) is 3.34. The molecule has 2 aromatic rings. The lowest BCUT2D eigenvalue weighted by molar-refractivity contribution is 0.910. The van der Waals surface area contributed by atoms with E-state index in [1.165, 1.54) is 0 Å². The highest BCUT2D eigenvalue weighted by Gasteiger charge is 2.11. The molecule has 78 valence electrons. The van der Waals surface area contributed by atoms with E-state index < -0.39 is 0 Å². The number of hydrogen-bond acceptors (Lipinski definition) is 4. The fourth-order valence-electron chi connectivity index (χ4n) is 1.38. The van der Waals surface area contributed by atoms with Gasteiger partial charge in [0.15, 0.2) is 11.6 Å². The molecule has 0 aromatic carbocycles. The molecule has 2 heterocycles. The Labute approximate surface area is 88.0 Å². The summed E-state index contributed by atoms with van der Waals surface area (Å²) in [4.78, 5) is 12.8. The molecule has 0 spiro atoms. The quantitative estimate of drug-likeness (QED) is 0.752. The van der Waals surface area contributed by atoms with Gasteiger partial charge >= 0.3 is 0 Å². The topological polar surface area (TPSA) is 69.6 Å². The Balaban J connectivity index is 2.64. The molecule has 5 nitrogen and oxygen atoms in total. The maximum Gasteiger partial charge on any atom is 0.162 e. The van der Waals surface area contributed by atoms with Crippen LogP contribution in [0.3, 0.4) is 0 Å². The van der Waals surface area contributed by atoms with E-state index in [1.54, 1.807) is 6.20 Å².